The van der Waals surface area contributed by atoms with Crippen molar-refractivity contribution in [1.29, 1.82) is 0 Å². The van der Waals surface area contributed by atoms with Gasteiger partial charge in [0, 0.05) is 9.37 Å². The number of hydrogen-bond acceptors (Lipinski definition) is 2. The van der Waals surface area contributed by atoms with Crippen molar-refractivity contribution in [2.24, 2.45) is 0 Å². The maximum absolute atomic E-state index is 4.17. The standard InChI is InChI=1S/C9H11BrS2/c10-8-4-1-2-5-9(8)12-7-3-6-11/h1-2,4-5,11H,3,6-7H2. The zero-order chi connectivity index (χ0) is 8.81. The third kappa shape index (κ3) is 3.42. The summed E-state index contributed by atoms with van der Waals surface area (Å²) in [6.45, 7) is 0. The third-order valence-electron chi connectivity index (χ3n) is 1.40. The van der Waals surface area contributed by atoms with Gasteiger partial charge in [-0.05, 0) is 46.0 Å². The first-order valence-electron chi connectivity index (χ1n) is 3.83. The molecule has 0 fully saturated rings. The van der Waals surface area contributed by atoms with Gasteiger partial charge in [-0.2, -0.15) is 12.6 Å². The van der Waals surface area contributed by atoms with Gasteiger partial charge in [0.2, 0.25) is 0 Å². The van der Waals surface area contributed by atoms with Gasteiger partial charge in [0.1, 0.15) is 0 Å². The quantitative estimate of drug-likeness (QED) is 0.489. The van der Waals surface area contributed by atoms with Crippen molar-refractivity contribution >= 4 is 40.3 Å². The highest BCUT2D eigenvalue weighted by Gasteiger charge is 1.97. The van der Waals surface area contributed by atoms with Crippen LogP contribution in [0, 0.1) is 0 Å². The average Bonchev–Trinajstić information content (AvgIpc) is 2.09. The Bertz CT molecular complexity index is 238. The minimum atomic E-state index is 0.970. The van der Waals surface area contributed by atoms with Gasteiger partial charge in [-0.25, -0.2) is 0 Å². The molecule has 0 nitrogen and oxygen atoms in total. The Kier molecular flexibility index (Phi) is 5.19. The summed E-state index contributed by atoms with van der Waals surface area (Å²) in [6.07, 6.45) is 1.16. The molecule has 1 aromatic carbocycles. The highest BCUT2D eigenvalue weighted by molar-refractivity contribution is 9.10. The Morgan fingerprint density at radius 3 is 2.75 bits per heavy atom. The molecule has 0 amide bonds. The Hall–Kier alpha value is 0.400. The molecule has 0 aliphatic carbocycles. The predicted molar refractivity (Wildman–Crippen MR) is 63.3 cm³/mol. The van der Waals surface area contributed by atoms with Gasteiger partial charge in [-0.15, -0.1) is 11.8 Å². The second-order valence-corrected chi connectivity index (χ2v) is 4.79. The number of benzene rings is 1. The van der Waals surface area contributed by atoms with Crippen LogP contribution in [0.1, 0.15) is 6.42 Å². The lowest BCUT2D eigenvalue weighted by Crippen LogP contribution is -1.81. The van der Waals surface area contributed by atoms with E-state index in [1.54, 1.807) is 0 Å². The molecule has 0 N–H and O–H groups in total. The molecule has 12 heavy (non-hydrogen) atoms. The topological polar surface area (TPSA) is 0 Å². The predicted octanol–water partition coefficient (Wildman–Crippen LogP) is 3.86. The van der Waals surface area contributed by atoms with Crippen molar-refractivity contribution in [1.82, 2.24) is 0 Å². The van der Waals surface area contributed by atoms with Gasteiger partial charge < -0.3 is 0 Å². The van der Waals surface area contributed by atoms with E-state index in [1.165, 1.54) is 9.37 Å². The van der Waals surface area contributed by atoms with Crippen molar-refractivity contribution in [2.75, 3.05) is 11.5 Å². The van der Waals surface area contributed by atoms with E-state index in [-0.39, 0.29) is 0 Å². The lowest BCUT2D eigenvalue weighted by atomic mass is 10.4. The van der Waals surface area contributed by atoms with Crippen molar-refractivity contribution in [3.63, 3.8) is 0 Å². The fourth-order valence-corrected chi connectivity index (χ4v) is 2.70. The molecular weight excluding hydrogens is 252 g/mol. The Morgan fingerprint density at radius 1 is 1.33 bits per heavy atom. The van der Waals surface area contributed by atoms with Gasteiger partial charge >= 0.3 is 0 Å². The second kappa shape index (κ2) is 5.95. The lowest BCUT2D eigenvalue weighted by molar-refractivity contribution is 1.13. The molecule has 1 rings (SSSR count). The van der Waals surface area contributed by atoms with Crippen LogP contribution in [0.15, 0.2) is 33.6 Å². The van der Waals surface area contributed by atoms with E-state index in [1.807, 2.05) is 17.8 Å². The van der Waals surface area contributed by atoms with Gasteiger partial charge in [0.15, 0.2) is 0 Å². The summed E-state index contributed by atoms with van der Waals surface area (Å²) in [5, 5.41) is 0. The number of halogens is 1. The molecule has 0 saturated carbocycles. The fourth-order valence-electron chi connectivity index (χ4n) is 0.808. The summed E-state index contributed by atoms with van der Waals surface area (Å²) >= 11 is 9.55. The molecule has 0 aromatic heterocycles. The van der Waals surface area contributed by atoms with E-state index in [2.05, 4.69) is 46.8 Å². The van der Waals surface area contributed by atoms with E-state index in [4.69, 9.17) is 0 Å². The molecule has 0 spiro atoms. The Labute approximate surface area is 91.7 Å². The first-order valence-corrected chi connectivity index (χ1v) is 6.24. The Morgan fingerprint density at radius 2 is 2.08 bits per heavy atom. The molecule has 0 heterocycles. The van der Waals surface area contributed by atoms with Crippen molar-refractivity contribution in [3.05, 3.63) is 28.7 Å². The second-order valence-electron chi connectivity index (χ2n) is 2.36. The number of thioether (sulfide) groups is 1. The summed E-state index contributed by atoms with van der Waals surface area (Å²) in [7, 11) is 0. The third-order valence-corrected chi connectivity index (χ3v) is 3.83. The molecule has 0 bridgehead atoms. The number of thiol groups is 1. The van der Waals surface area contributed by atoms with E-state index in [0.717, 1.165) is 17.9 Å². The largest absolute Gasteiger partial charge is 0.179 e. The molecule has 1 aromatic rings. The number of hydrogen-bond donors (Lipinski definition) is 1. The molecule has 66 valence electrons. The van der Waals surface area contributed by atoms with Gasteiger partial charge in [-0.3, -0.25) is 0 Å². The van der Waals surface area contributed by atoms with Crippen LogP contribution in [0.4, 0.5) is 0 Å². The SMILES string of the molecule is SCCCSc1ccccc1Br. The monoisotopic (exact) mass is 262 g/mol. The van der Waals surface area contributed by atoms with Gasteiger partial charge in [-0.1, -0.05) is 12.1 Å². The summed E-state index contributed by atoms with van der Waals surface area (Å²) < 4.78 is 1.19. The summed E-state index contributed by atoms with van der Waals surface area (Å²) in [5.41, 5.74) is 0. The molecule has 3 heteroatoms. The molecule has 0 saturated heterocycles. The van der Waals surface area contributed by atoms with E-state index >= 15 is 0 Å². The van der Waals surface area contributed by atoms with E-state index < -0.39 is 0 Å². The minimum Gasteiger partial charge on any atom is -0.179 e. The maximum Gasteiger partial charge on any atom is 0.0311 e. The van der Waals surface area contributed by atoms with Crippen LogP contribution in [0.2, 0.25) is 0 Å². The zero-order valence-electron chi connectivity index (χ0n) is 6.66. The first kappa shape index (κ1) is 10.5. The highest BCUT2D eigenvalue weighted by Crippen LogP contribution is 2.27. The van der Waals surface area contributed by atoms with Crippen molar-refractivity contribution in [2.45, 2.75) is 11.3 Å². The van der Waals surface area contributed by atoms with Gasteiger partial charge in [0.25, 0.3) is 0 Å². The molecule has 0 aliphatic rings. The first-order chi connectivity index (χ1) is 5.84. The summed E-state index contributed by atoms with van der Waals surface area (Å²) in [4.78, 5) is 1.32. The lowest BCUT2D eigenvalue weighted by Gasteiger charge is -2.01. The van der Waals surface area contributed by atoms with Crippen molar-refractivity contribution < 1.29 is 0 Å². The van der Waals surface area contributed by atoms with E-state index in [0.29, 0.717) is 0 Å². The van der Waals surface area contributed by atoms with Crippen LogP contribution in [-0.2, 0) is 0 Å². The number of rotatable bonds is 4. The van der Waals surface area contributed by atoms with Crippen LogP contribution in [0.5, 0.6) is 0 Å². The van der Waals surface area contributed by atoms with Crippen molar-refractivity contribution in [3.8, 4) is 0 Å². The molecular formula is C9H11BrS2. The average molecular weight is 263 g/mol. The normalized spacial score (nSPS) is 10.2. The minimum absolute atomic E-state index is 0.970. The van der Waals surface area contributed by atoms with Crippen LogP contribution >= 0.6 is 40.3 Å². The van der Waals surface area contributed by atoms with Crippen LogP contribution in [0.3, 0.4) is 0 Å². The molecule has 0 unspecified atom stereocenters. The van der Waals surface area contributed by atoms with Crippen LogP contribution < -0.4 is 0 Å². The molecule has 0 radical (unpaired) electrons. The molecule has 0 atom stereocenters. The molecule has 0 aliphatic heterocycles. The van der Waals surface area contributed by atoms with Gasteiger partial charge in [0.05, 0.1) is 0 Å². The maximum atomic E-state index is 4.17. The summed E-state index contributed by atoms with van der Waals surface area (Å²) in [6, 6.07) is 8.30. The highest BCUT2D eigenvalue weighted by atomic mass is 79.9. The smallest absolute Gasteiger partial charge is 0.0311 e. The summed E-state index contributed by atoms with van der Waals surface area (Å²) in [5.74, 6) is 2.11. The zero-order valence-corrected chi connectivity index (χ0v) is 9.96. The van der Waals surface area contributed by atoms with Crippen LogP contribution in [-0.4, -0.2) is 11.5 Å². The van der Waals surface area contributed by atoms with E-state index in [9.17, 15) is 0 Å². The Balaban J connectivity index is 2.46. The fraction of sp³-hybridized carbons (Fsp3) is 0.333. The van der Waals surface area contributed by atoms with Crippen LogP contribution in [0.25, 0.3) is 0 Å².